The van der Waals surface area contributed by atoms with E-state index in [1.54, 1.807) is 6.92 Å². The maximum atomic E-state index is 10.9. The molecule has 0 aliphatic carbocycles. The van der Waals surface area contributed by atoms with Gasteiger partial charge in [0, 0.05) is 6.42 Å². The van der Waals surface area contributed by atoms with Crippen molar-refractivity contribution in [3.63, 3.8) is 0 Å². The quantitative estimate of drug-likeness (QED) is 0.617. The van der Waals surface area contributed by atoms with Crippen molar-refractivity contribution in [2.24, 2.45) is 0 Å². The van der Waals surface area contributed by atoms with Crippen LogP contribution in [-0.2, 0) is 9.59 Å². The van der Waals surface area contributed by atoms with Gasteiger partial charge in [0.15, 0.2) is 0 Å². The monoisotopic (exact) mass is 171 g/mol. The first-order valence-corrected chi connectivity index (χ1v) is 3.81. The molecule has 12 heavy (non-hydrogen) atoms. The molecule has 0 unspecified atom stereocenters. The molecule has 0 atom stereocenters. The second-order valence-electron chi connectivity index (χ2n) is 2.31. The predicted molar refractivity (Wildman–Crippen MR) is 44.4 cm³/mol. The number of carbonyl (C=O) groups excluding carboxylic acids is 1. The topological polar surface area (TPSA) is 66.4 Å². The fourth-order valence-corrected chi connectivity index (χ4v) is 0.689. The van der Waals surface area contributed by atoms with Crippen molar-refractivity contribution < 1.29 is 14.7 Å². The fourth-order valence-electron chi connectivity index (χ4n) is 0.689. The van der Waals surface area contributed by atoms with Crippen molar-refractivity contribution in [2.75, 3.05) is 0 Å². The molecule has 0 aromatic carbocycles. The highest BCUT2D eigenvalue weighted by Crippen LogP contribution is 1.92. The van der Waals surface area contributed by atoms with E-state index in [-0.39, 0.29) is 11.6 Å². The summed E-state index contributed by atoms with van der Waals surface area (Å²) < 4.78 is 0. The SMILES string of the molecule is C/C=C(/NC(=O)CCC)C(=O)O. The van der Waals surface area contributed by atoms with E-state index in [0.717, 1.165) is 0 Å². The fraction of sp³-hybridized carbons (Fsp3) is 0.500. The molecular formula is C8H13NO3. The molecule has 0 spiro atoms. The highest BCUT2D eigenvalue weighted by molar-refractivity contribution is 5.92. The number of carboxylic acid groups (broad SMARTS) is 1. The summed E-state index contributed by atoms with van der Waals surface area (Å²) >= 11 is 0. The Morgan fingerprint density at radius 3 is 2.42 bits per heavy atom. The molecule has 0 fully saturated rings. The van der Waals surface area contributed by atoms with E-state index >= 15 is 0 Å². The van der Waals surface area contributed by atoms with Crippen LogP contribution in [0.3, 0.4) is 0 Å². The van der Waals surface area contributed by atoms with Crippen molar-refractivity contribution in [1.82, 2.24) is 5.32 Å². The van der Waals surface area contributed by atoms with Crippen LogP contribution >= 0.6 is 0 Å². The van der Waals surface area contributed by atoms with E-state index in [4.69, 9.17) is 5.11 Å². The van der Waals surface area contributed by atoms with E-state index in [1.165, 1.54) is 6.08 Å². The smallest absolute Gasteiger partial charge is 0.352 e. The number of nitrogens with one attached hydrogen (secondary N) is 1. The average molecular weight is 171 g/mol. The third kappa shape index (κ3) is 3.75. The highest BCUT2D eigenvalue weighted by atomic mass is 16.4. The molecule has 0 aliphatic heterocycles. The van der Waals surface area contributed by atoms with Gasteiger partial charge in [0.1, 0.15) is 5.70 Å². The minimum absolute atomic E-state index is 0.0616. The lowest BCUT2D eigenvalue weighted by Gasteiger charge is -2.02. The van der Waals surface area contributed by atoms with Crippen LogP contribution in [0.25, 0.3) is 0 Å². The molecule has 0 radical (unpaired) electrons. The molecule has 0 saturated carbocycles. The molecule has 4 nitrogen and oxygen atoms in total. The van der Waals surface area contributed by atoms with E-state index in [9.17, 15) is 9.59 Å². The zero-order chi connectivity index (χ0) is 9.56. The standard InChI is InChI=1S/C8H13NO3/c1-3-5-7(10)9-6(4-2)8(11)12/h4H,3,5H2,1-2H3,(H,9,10)(H,11,12)/b6-4+. The van der Waals surface area contributed by atoms with Gasteiger partial charge in [-0.3, -0.25) is 4.79 Å². The Morgan fingerprint density at radius 2 is 2.08 bits per heavy atom. The van der Waals surface area contributed by atoms with Gasteiger partial charge in [-0.05, 0) is 13.3 Å². The summed E-state index contributed by atoms with van der Waals surface area (Å²) in [6.45, 7) is 3.42. The summed E-state index contributed by atoms with van der Waals surface area (Å²) in [5.41, 5.74) is -0.0616. The van der Waals surface area contributed by atoms with Crippen LogP contribution in [0, 0.1) is 0 Å². The molecule has 0 bridgehead atoms. The Kier molecular flexibility index (Phi) is 4.76. The first kappa shape index (κ1) is 10.7. The molecule has 1 amide bonds. The van der Waals surface area contributed by atoms with Gasteiger partial charge in [-0.2, -0.15) is 0 Å². The number of amides is 1. The molecule has 68 valence electrons. The van der Waals surface area contributed by atoms with Crippen molar-refractivity contribution in [2.45, 2.75) is 26.7 Å². The molecule has 0 aromatic heterocycles. The Hall–Kier alpha value is -1.32. The van der Waals surface area contributed by atoms with Gasteiger partial charge in [-0.15, -0.1) is 0 Å². The average Bonchev–Trinajstić information content (AvgIpc) is 2.00. The summed E-state index contributed by atoms with van der Waals surface area (Å²) in [6.07, 6.45) is 2.42. The maximum absolute atomic E-state index is 10.9. The van der Waals surface area contributed by atoms with Gasteiger partial charge >= 0.3 is 5.97 Å². The second kappa shape index (κ2) is 5.35. The Balaban J connectivity index is 4.05. The molecule has 0 rings (SSSR count). The third-order valence-corrected chi connectivity index (χ3v) is 1.27. The van der Waals surface area contributed by atoms with Crippen molar-refractivity contribution in [3.8, 4) is 0 Å². The van der Waals surface area contributed by atoms with Crippen LogP contribution in [0.2, 0.25) is 0 Å². The van der Waals surface area contributed by atoms with Crippen LogP contribution < -0.4 is 5.32 Å². The number of hydrogen-bond acceptors (Lipinski definition) is 2. The van der Waals surface area contributed by atoms with Crippen LogP contribution in [0.5, 0.6) is 0 Å². The van der Waals surface area contributed by atoms with Gasteiger partial charge in [-0.25, -0.2) is 4.79 Å². The van der Waals surface area contributed by atoms with Crippen molar-refractivity contribution >= 4 is 11.9 Å². The number of rotatable bonds is 4. The van der Waals surface area contributed by atoms with E-state index in [1.807, 2.05) is 6.92 Å². The minimum atomic E-state index is -1.11. The summed E-state index contributed by atoms with van der Waals surface area (Å²) in [5, 5.41) is 10.8. The number of carboxylic acids is 1. The maximum Gasteiger partial charge on any atom is 0.352 e. The first-order valence-electron chi connectivity index (χ1n) is 3.81. The van der Waals surface area contributed by atoms with Gasteiger partial charge in [0.25, 0.3) is 0 Å². The van der Waals surface area contributed by atoms with E-state index < -0.39 is 5.97 Å². The van der Waals surface area contributed by atoms with Crippen LogP contribution in [0.15, 0.2) is 11.8 Å². The molecule has 2 N–H and O–H groups in total. The van der Waals surface area contributed by atoms with Crippen LogP contribution in [0.4, 0.5) is 0 Å². The summed E-state index contributed by atoms with van der Waals surface area (Å²) in [4.78, 5) is 21.3. The lowest BCUT2D eigenvalue weighted by Crippen LogP contribution is -2.26. The normalized spacial score (nSPS) is 11.0. The number of hydrogen-bond donors (Lipinski definition) is 2. The first-order chi connectivity index (χ1) is 5.61. The minimum Gasteiger partial charge on any atom is -0.477 e. The Bertz CT molecular complexity index is 208. The summed E-state index contributed by atoms with van der Waals surface area (Å²) in [7, 11) is 0. The zero-order valence-electron chi connectivity index (χ0n) is 7.26. The lowest BCUT2D eigenvalue weighted by atomic mass is 10.3. The predicted octanol–water partition coefficient (Wildman–Crippen LogP) is 0.891. The largest absolute Gasteiger partial charge is 0.477 e. The van der Waals surface area contributed by atoms with Gasteiger partial charge in [-0.1, -0.05) is 13.0 Å². The van der Waals surface area contributed by atoms with Crippen molar-refractivity contribution in [1.29, 1.82) is 0 Å². The Morgan fingerprint density at radius 1 is 1.50 bits per heavy atom. The second-order valence-corrected chi connectivity index (χ2v) is 2.31. The summed E-state index contributed by atoms with van der Waals surface area (Å²) in [6, 6.07) is 0. The number of allylic oxidation sites excluding steroid dienone is 1. The molecule has 0 heterocycles. The molecular weight excluding hydrogens is 158 g/mol. The lowest BCUT2D eigenvalue weighted by molar-refractivity contribution is -0.134. The van der Waals surface area contributed by atoms with Crippen LogP contribution in [0.1, 0.15) is 26.7 Å². The number of aliphatic carboxylic acids is 1. The summed E-state index contributed by atoms with van der Waals surface area (Å²) in [5.74, 6) is -1.37. The Labute approximate surface area is 71.3 Å². The molecule has 0 aromatic rings. The molecule has 0 saturated heterocycles. The third-order valence-electron chi connectivity index (χ3n) is 1.27. The van der Waals surface area contributed by atoms with E-state index in [0.29, 0.717) is 12.8 Å². The zero-order valence-corrected chi connectivity index (χ0v) is 7.26. The highest BCUT2D eigenvalue weighted by Gasteiger charge is 2.08. The molecule has 0 aliphatic rings. The van der Waals surface area contributed by atoms with Crippen LogP contribution in [-0.4, -0.2) is 17.0 Å². The molecule has 4 heteroatoms. The van der Waals surface area contributed by atoms with Gasteiger partial charge < -0.3 is 10.4 Å². The number of carbonyl (C=O) groups is 2. The van der Waals surface area contributed by atoms with E-state index in [2.05, 4.69) is 5.32 Å². The van der Waals surface area contributed by atoms with Crippen molar-refractivity contribution in [3.05, 3.63) is 11.8 Å². The van der Waals surface area contributed by atoms with Gasteiger partial charge in [0.05, 0.1) is 0 Å². The van der Waals surface area contributed by atoms with Gasteiger partial charge in [0.2, 0.25) is 5.91 Å².